The smallest absolute Gasteiger partial charge is 0.315 e. The molecule has 92 valence electrons. The zero-order chi connectivity index (χ0) is 12.0. The highest BCUT2D eigenvalue weighted by molar-refractivity contribution is 5.80. The van der Waals surface area contributed by atoms with Crippen molar-refractivity contribution < 1.29 is 23.4 Å². The van der Waals surface area contributed by atoms with E-state index < -0.39 is 35.7 Å². The number of hydrogen-bond acceptors (Lipinski definition) is 3. The Hall–Kier alpha value is -0.710. The molecular weight excluding hydrogens is 218 g/mol. The number of rotatable bonds is 3. The van der Waals surface area contributed by atoms with E-state index in [1.807, 2.05) is 0 Å². The molecule has 0 aliphatic heterocycles. The topological polar surface area (TPSA) is 46.5 Å². The van der Waals surface area contributed by atoms with Gasteiger partial charge in [-0.1, -0.05) is 0 Å². The summed E-state index contributed by atoms with van der Waals surface area (Å²) < 4.78 is 30.8. The number of alkyl halides is 2. The minimum Gasteiger partial charge on any atom is -0.465 e. The third-order valence-corrected chi connectivity index (χ3v) is 3.86. The van der Waals surface area contributed by atoms with Crippen LogP contribution in [0.3, 0.4) is 0 Å². The summed E-state index contributed by atoms with van der Waals surface area (Å²) in [5, 5.41) is 10.2. The third kappa shape index (κ3) is 1.44. The fourth-order valence-corrected chi connectivity index (χ4v) is 2.75. The van der Waals surface area contributed by atoms with Crippen molar-refractivity contribution >= 4 is 5.97 Å². The van der Waals surface area contributed by atoms with Crippen molar-refractivity contribution in [3.8, 4) is 0 Å². The van der Waals surface area contributed by atoms with E-state index in [2.05, 4.69) is 0 Å². The Balaban J connectivity index is 2.19. The van der Waals surface area contributed by atoms with Crippen LogP contribution in [0.4, 0.5) is 8.78 Å². The Morgan fingerprint density at radius 3 is 2.25 bits per heavy atom. The van der Waals surface area contributed by atoms with Gasteiger partial charge in [-0.2, -0.15) is 0 Å². The zero-order valence-electron chi connectivity index (χ0n) is 9.26. The van der Waals surface area contributed by atoms with Gasteiger partial charge in [-0.3, -0.25) is 4.79 Å². The van der Waals surface area contributed by atoms with Gasteiger partial charge in [0.05, 0.1) is 12.2 Å². The molecule has 16 heavy (non-hydrogen) atoms. The van der Waals surface area contributed by atoms with Crippen LogP contribution in [-0.4, -0.2) is 29.2 Å². The van der Waals surface area contributed by atoms with E-state index in [1.54, 1.807) is 6.92 Å². The first kappa shape index (κ1) is 11.8. The lowest BCUT2D eigenvalue weighted by atomic mass is 9.50. The second-order valence-corrected chi connectivity index (χ2v) is 4.90. The summed E-state index contributed by atoms with van der Waals surface area (Å²) in [4.78, 5) is 11.8. The fourth-order valence-electron chi connectivity index (χ4n) is 2.75. The Labute approximate surface area is 92.8 Å². The highest BCUT2D eigenvalue weighted by atomic mass is 19.3. The molecule has 2 saturated carbocycles. The number of esters is 1. The van der Waals surface area contributed by atoms with Crippen LogP contribution in [0.2, 0.25) is 0 Å². The van der Waals surface area contributed by atoms with Crippen molar-refractivity contribution in [2.24, 2.45) is 5.41 Å². The number of carbonyl (C=O) groups excluding carboxylic acids is 1. The minimum absolute atomic E-state index is 0.155. The summed E-state index contributed by atoms with van der Waals surface area (Å²) in [5.74, 6) is -3.50. The third-order valence-electron chi connectivity index (χ3n) is 3.86. The van der Waals surface area contributed by atoms with Gasteiger partial charge in [0, 0.05) is 12.8 Å². The number of carbonyl (C=O) groups is 1. The summed E-state index contributed by atoms with van der Waals surface area (Å²) >= 11 is 0. The van der Waals surface area contributed by atoms with Gasteiger partial charge in [-0.15, -0.1) is 0 Å². The summed E-state index contributed by atoms with van der Waals surface area (Å²) in [6, 6.07) is 0. The standard InChI is InChI=1S/C11H16F2O3/c1-2-16-8(14)9(6-11(12,13)7-9)10(15)4-3-5-10/h15H,2-7H2,1H3. The van der Waals surface area contributed by atoms with Crippen molar-refractivity contribution in [3.63, 3.8) is 0 Å². The van der Waals surface area contributed by atoms with Crippen molar-refractivity contribution in [1.82, 2.24) is 0 Å². The van der Waals surface area contributed by atoms with Crippen molar-refractivity contribution in [2.75, 3.05) is 6.61 Å². The van der Waals surface area contributed by atoms with Gasteiger partial charge in [0.15, 0.2) is 0 Å². The second kappa shape index (κ2) is 3.39. The van der Waals surface area contributed by atoms with E-state index in [0.717, 1.165) is 6.42 Å². The number of hydrogen-bond donors (Lipinski definition) is 1. The molecule has 0 spiro atoms. The molecule has 0 radical (unpaired) electrons. The molecule has 2 aliphatic carbocycles. The maximum Gasteiger partial charge on any atom is 0.315 e. The van der Waals surface area contributed by atoms with E-state index in [9.17, 15) is 18.7 Å². The Morgan fingerprint density at radius 1 is 1.38 bits per heavy atom. The Bertz CT molecular complexity index is 302. The first-order valence-electron chi connectivity index (χ1n) is 5.63. The first-order valence-corrected chi connectivity index (χ1v) is 5.63. The summed E-state index contributed by atoms with van der Waals surface area (Å²) in [7, 11) is 0. The molecule has 0 aromatic carbocycles. The van der Waals surface area contributed by atoms with Gasteiger partial charge in [-0.05, 0) is 26.2 Å². The maximum absolute atomic E-state index is 13.0. The number of aliphatic hydroxyl groups is 1. The molecule has 0 amide bonds. The van der Waals surface area contributed by atoms with Crippen LogP contribution in [0.1, 0.15) is 39.0 Å². The first-order chi connectivity index (χ1) is 7.35. The van der Waals surface area contributed by atoms with Crippen LogP contribution in [0.5, 0.6) is 0 Å². The quantitative estimate of drug-likeness (QED) is 0.758. The van der Waals surface area contributed by atoms with Gasteiger partial charge < -0.3 is 9.84 Å². The molecule has 2 fully saturated rings. The lowest BCUT2D eigenvalue weighted by Crippen LogP contribution is -2.67. The van der Waals surface area contributed by atoms with Crippen LogP contribution < -0.4 is 0 Å². The molecule has 0 atom stereocenters. The molecule has 2 aliphatic rings. The van der Waals surface area contributed by atoms with Crippen molar-refractivity contribution in [3.05, 3.63) is 0 Å². The average Bonchev–Trinajstić information content (AvgIpc) is 2.10. The van der Waals surface area contributed by atoms with E-state index in [0.29, 0.717) is 12.8 Å². The number of halogens is 2. The van der Waals surface area contributed by atoms with E-state index in [1.165, 1.54) is 0 Å². The molecule has 5 heteroatoms. The highest BCUT2D eigenvalue weighted by Gasteiger charge is 2.71. The minimum atomic E-state index is -2.84. The predicted molar refractivity (Wildman–Crippen MR) is 52.0 cm³/mol. The highest BCUT2D eigenvalue weighted by Crippen LogP contribution is 2.63. The molecule has 0 heterocycles. The SMILES string of the molecule is CCOC(=O)C1(C2(O)CCC2)CC(F)(F)C1. The summed E-state index contributed by atoms with van der Waals surface area (Å²) in [6.45, 7) is 1.79. The van der Waals surface area contributed by atoms with Gasteiger partial charge in [-0.25, -0.2) is 8.78 Å². The lowest BCUT2D eigenvalue weighted by molar-refractivity contribution is -0.263. The average molecular weight is 234 g/mol. The predicted octanol–water partition coefficient (Wildman–Crippen LogP) is 1.88. The van der Waals surface area contributed by atoms with Crippen LogP contribution in [-0.2, 0) is 9.53 Å². The monoisotopic (exact) mass is 234 g/mol. The second-order valence-electron chi connectivity index (χ2n) is 4.90. The molecule has 2 rings (SSSR count). The molecule has 0 bridgehead atoms. The van der Waals surface area contributed by atoms with E-state index in [4.69, 9.17) is 4.74 Å². The van der Waals surface area contributed by atoms with Gasteiger partial charge in [0.25, 0.3) is 5.92 Å². The van der Waals surface area contributed by atoms with Crippen LogP contribution in [0, 0.1) is 5.41 Å². The van der Waals surface area contributed by atoms with Gasteiger partial charge in [0.2, 0.25) is 0 Å². The van der Waals surface area contributed by atoms with Crippen molar-refractivity contribution in [1.29, 1.82) is 0 Å². The fraction of sp³-hybridized carbons (Fsp3) is 0.909. The molecule has 1 N–H and O–H groups in total. The van der Waals surface area contributed by atoms with Crippen LogP contribution in [0.25, 0.3) is 0 Å². The normalized spacial score (nSPS) is 28.8. The molecule has 3 nitrogen and oxygen atoms in total. The van der Waals surface area contributed by atoms with Crippen molar-refractivity contribution in [2.45, 2.75) is 50.6 Å². The maximum atomic E-state index is 13.0. The number of ether oxygens (including phenoxy) is 1. The van der Waals surface area contributed by atoms with Crippen LogP contribution >= 0.6 is 0 Å². The molecule has 0 aromatic heterocycles. The van der Waals surface area contributed by atoms with E-state index in [-0.39, 0.29) is 6.61 Å². The Kier molecular flexibility index (Phi) is 2.49. The lowest BCUT2D eigenvalue weighted by Gasteiger charge is -2.57. The Morgan fingerprint density at radius 2 is 1.94 bits per heavy atom. The summed E-state index contributed by atoms with van der Waals surface area (Å²) in [5.41, 5.74) is -2.62. The molecule has 0 saturated heterocycles. The largest absolute Gasteiger partial charge is 0.465 e. The summed E-state index contributed by atoms with van der Waals surface area (Å²) in [6.07, 6.45) is 0.470. The zero-order valence-corrected chi connectivity index (χ0v) is 9.26. The van der Waals surface area contributed by atoms with Crippen LogP contribution in [0.15, 0.2) is 0 Å². The van der Waals surface area contributed by atoms with Gasteiger partial charge >= 0.3 is 5.97 Å². The van der Waals surface area contributed by atoms with E-state index >= 15 is 0 Å². The van der Waals surface area contributed by atoms with Gasteiger partial charge in [0.1, 0.15) is 5.41 Å². The molecule has 0 unspecified atom stereocenters. The molecule has 0 aromatic rings. The molecular formula is C11H16F2O3.